The molecule has 0 unspecified atom stereocenters. The summed E-state index contributed by atoms with van der Waals surface area (Å²) in [5.74, 6) is -0.307. The molecule has 3 aromatic rings. The van der Waals surface area contributed by atoms with Gasteiger partial charge >= 0.3 is 5.97 Å². The minimum absolute atomic E-state index is 0.0392. The van der Waals surface area contributed by atoms with E-state index in [0.717, 1.165) is 17.0 Å². The molecule has 0 amide bonds. The third-order valence-electron chi connectivity index (χ3n) is 3.23. The van der Waals surface area contributed by atoms with Crippen LogP contribution in [0.3, 0.4) is 0 Å². The lowest BCUT2D eigenvalue weighted by molar-refractivity contribution is 0.0458. The van der Waals surface area contributed by atoms with Gasteiger partial charge in [0.15, 0.2) is 0 Å². The molecule has 0 aliphatic carbocycles. The highest BCUT2D eigenvalue weighted by atomic mass is 16.5. The number of aryl methyl sites for hydroxylation is 2. The van der Waals surface area contributed by atoms with Crippen LogP contribution in [0.4, 0.5) is 0 Å². The van der Waals surface area contributed by atoms with E-state index in [1.54, 1.807) is 24.3 Å². The summed E-state index contributed by atoms with van der Waals surface area (Å²) in [6.07, 6.45) is 0. The van der Waals surface area contributed by atoms with E-state index in [1.807, 2.05) is 26.0 Å². The second-order valence-corrected chi connectivity index (χ2v) is 5.07. The van der Waals surface area contributed by atoms with Gasteiger partial charge in [0.1, 0.15) is 6.61 Å². The van der Waals surface area contributed by atoms with E-state index in [-0.39, 0.29) is 12.4 Å². The Morgan fingerprint density at radius 3 is 2.91 bits per heavy atom. The van der Waals surface area contributed by atoms with Crippen molar-refractivity contribution in [2.24, 2.45) is 0 Å². The zero-order valence-electron chi connectivity index (χ0n) is 12.6. The average molecular weight is 307 g/mol. The first kappa shape index (κ1) is 14.7. The Bertz CT molecular complexity index is 939. The minimum atomic E-state index is -0.630. The Labute approximate surface area is 132 Å². The summed E-state index contributed by atoms with van der Waals surface area (Å²) in [4.78, 5) is 20.4. The highest BCUT2D eigenvalue weighted by Gasteiger charge is 2.16. The van der Waals surface area contributed by atoms with Gasteiger partial charge in [-0.15, -0.1) is 5.10 Å². The van der Waals surface area contributed by atoms with Gasteiger partial charge < -0.3 is 4.74 Å². The molecule has 7 heteroatoms. The number of esters is 1. The van der Waals surface area contributed by atoms with Crippen LogP contribution in [0, 0.1) is 25.2 Å². The first-order chi connectivity index (χ1) is 11.1. The van der Waals surface area contributed by atoms with E-state index in [9.17, 15) is 4.79 Å². The molecule has 0 saturated heterocycles. The largest absolute Gasteiger partial charge is 0.455 e. The predicted octanol–water partition coefficient (Wildman–Crippen LogP) is 1.97. The van der Waals surface area contributed by atoms with Crippen molar-refractivity contribution in [2.75, 3.05) is 0 Å². The highest BCUT2D eigenvalue weighted by Crippen LogP contribution is 2.09. The standard InChI is InChI=1S/C16H13N5O2/c1-10-6-11(2)21-16(18-10)19-14(20-21)15(22)23-9-13-5-3-4-12(7-13)8-17/h3-7H,9H2,1-2H3. The van der Waals surface area contributed by atoms with Gasteiger partial charge in [0.2, 0.25) is 0 Å². The number of hydrogen-bond acceptors (Lipinski definition) is 6. The molecular formula is C16H13N5O2. The Morgan fingerprint density at radius 1 is 1.30 bits per heavy atom. The van der Waals surface area contributed by atoms with Crippen LogP contribution in [0.25, 0.3) is 5.78 Å². The molecule has 1 aromatic carbocycles. The van der Waals surface area contributed by atoms with Gasteiger partial charge in [-0.1, -0.05) is 12.1 Å². The van der Waals surface area contributed by atoms with Crippen LogP contribution in [0.15, 0.2) is 30.3 Å². The number of rotatable bonds is 3. The molecular weight excluding hydrogens is 294 g/mol. The summed E-state index contributed by atoms with van der Waals surface area (Å²) in [6, 6.07) is 10.8. The van der Waals surface area contributed by atoms with Crippen molar-refractivity contribution in [3.8, 4) is 6.07 Å². The summed E-state index contributed by atoms with van der Waals surface area (Å²) in [7, 11) is 0. The highest BCUT2D eigenvalue weighted by molar-refractivity contribution is 5.85. The van der Waals surface area contributed by atoms with E-state index in [4.69, 9.17) is 10.00 Å². The Morgan fingerprint density at radius 2 is 2.13 bits per heavy atom. The number of nitriles is 1. The molecule has 0 fully saturated rings. The molecule has 0 bridgehead atoms. The maximum absolute atomic E-state index is 12.1. The minimum Gasteiger partial charge on any atom is -0.455 e. The second-order valence-electron chi connectivity index (χ2n) is 5.07. The number of fused-ring (bicyclic) bond motifs is 1. The van der Waals surface area contributed by atoms with Crippen molar-refractivity contribution in [1.29, 1.82) is 5.26 Å². The maximum atomic E-state index is 12.1. The van der Waals surface area contributed by atoms with Gasteiger partial charge in [-0.3, -0.25) is 0 Å². The fraction of sp³-hybridized carbons (Fsp3) is 0.188. The lowest BCUT2D eigenvalue weighted by atomic mass is 10.1. The lowest BCUT2D eigenvalue weighted by Crippen LogP contribution is -2.08. The Balaban J connectivity index is 1.78. The quantitative estimate of drug-likeness (QED) is 0.687. The van der Waals surface area contributed by atoms with Gasteiger partial charge in [0.25, 0.3) is 11.6 Å². The number of nitrogens with zero attached hydrogens (tertiary/aromatic N) is 5. The monoisotopic (exact) mass is 307 g/mol. The van der Waals surface area contributed by atoms with Crippen LogP contribution < -0.4 is 0 Å². The molecule has 2 aromatic heterocycles. The van der Waals surface area contributed by atoms with Crippen molar-refractivity contribution in [2.45, 2.75) is 20.5 Å². The van der Waals surface area contributed by atoms with E-state index >= 15 is 0 Å². The maximum Gasteiger partial charge on any atom is 0.378 e. The van der Waals surface area contributed by atoms with E-state index < -0.39 is 5.97 Å². The van der Waals surface area contributed by atoms with Crippen LogP contribution in [0.1, 0.15) is 33.1 Å². The predicted molar refractivity (Wildman–Crippen MR) is 80.5 cm³/mol. The number of aromatic nitrogens is 4. The molecule has 0 N–H and O–H groups in total. The average Bonchev–Trinajstić information content (AvgIpc) is 2.97. The topological polar surface area (TPSA) is 93.2 Å². The van der Waals surface area contributed by atoms with Crippen molar-refractivity contribution < 1.29 is 9.53 Å². The van der Waals surface area contributed by atoms with Gasteiger partial charge in [0, 0.05) is 11.4 Å². The summed E-state index contributed by atoms with van der Waals surface area (Å²) in [6.45, 7) is 3.76. The Hall–Kier alpha value is -3.27. The molecule has 23 heavy (non-hydrogen) atoms. The van der Waals surface area contributed by atoms with Crippen molar-refractivity contribution in [3.63, 3.8) is 0 Å². The van der Waals surface area contributed by atoms with Crippen LogP contribution in [-0.2, 0) is 11.3 Å². The molecule has 0 aliphatic heterocycles. The van der Waals surface area contributed by atoms with Crippen molar-refractivity contribution in [3.05, 3.63) is 58.7 Å². The van der Waals surface area contributed by atoms with E-state index in [2.05, 4.69) is 15.1 Å². The lowest BCUT2D eigenvalue weighted by Gasteiger charge is -2.02. The molecule has 114 valence electrons. The Kier molecular flexibility index (Phi) is 3.73. The first-order valence-electron chi connectivity index (χ1n) is 6.94. The third kappa shape index (κ3) is 3.01. The zero-order chi connectivity index (χ0) is 16.4. The van der Waals surface area contributed by atoms with Gasteiger partial charge in [-0.25, -0.2) is 14.3 Å². The fourth-order valence-corrected chi connectivity index (χ4v) is 2.20. The van der Waals surface area contributed by atoms with E-state index in [0.29, 0.717) is 11.3 Å². The van der Waals surface area contributed by atoms with Crippen LogP contribution in [0.5, 0.6) is 0 Å². The van der Waals surface area contributed by atoms with Gasteiger partial charge in [0.05, 0.1) is 11.6 Å². The smallest absolute Gasteiger partial charge is 0.378 e. The zero-order valence-corrected chi connectivity index (χ0v) is 12.6. The molecule has 7 nitrogen and oxygen atoms in total. The van der Waals surface area contributed by atoms with Gasteiger partial charge in [-0.05, 0) is 37.6 Å². The third-order valence-corrected chi connectivity index (χ3v) is 3.23. The number of carbonyl (C=O) groups excluding carboxylic acids is 1. The van der Waals surface area contributed by atoms with Gasteiger partial charge in [-0.2, -0.15) is 10.2 Å². The summed E-state index contributed by atoms with van der Waals surface area (Å²) >= 11 is 0. The summed E-state index contributed by atoms with van der Waals surface area (Å²) in [5, 5.41) is 13.0. The summed E-state index contributed by atoms with van der Waals surface area (Å²) < 4.78 is 6.70. The number of carbonyl (C=O) groups is 1. The molecule has 0 spiro atoms. The molecule has 2 heterocycles. The van der Waals surface area contributed by atoms with Crippen molar-refractivity contribution >= 4 is 11.7 Å². The van der Waals surface area contributed by atoms with Crippen LogP contribution >= 0.6 is 0 Å². The molecule has 3 rings (SSSR count). The van der Waals surface area contributed by atoms with E-state index in [1.165, 1.54) is 4.52 Å². The first-order valence-corrected chi connectivity index (χ1v) is 6.94. The molecule has 0 aliphatic rings. The van der Waals surface area contributed by atoms with Crippen LogP contribution in [0.2, 0.25) is 0 Å². The SMILES string of the molecule is Cc1cc(C)n2nc(C(=O)OCc3cccc(C#N)c3)nc2n1. The second kappa shape index (κ2) is 5.85. The molecule has 0 radical (unpaired) electrons. The number of benzene rings is 1. The van der Waals surface area contributed by atoms with Crippen LogP contribution in [-0.4, -0.2) is 25.6 Å². The number of ether oxygens (including phenoxy) is 1. The summed E-state index contributed by atoms with van der Waals surface area (Å²) in [5.41, 5.74) is 2.88. The molecule has 0 saturated carbocycles. The molecule has 0 atom stereocenters. The normalized spacial score (nSPS) is 10.5. The van der Waals surface area contributed by atoms with Crippen molar-refractivity contribution in [1.82, 2.24) is 19.6 Å². The fourth-order valence-electron chi connectivity index (χ4n) is 2.20. The number of hydrogen-bond donors (Lipinski definition) is 0.